The molecule has 92 valence electrons. The minimum atomic E-state index is 0.468. The van der Waals surface area contributed by atoms with Crippen LogP contribution in [-0.2, 0) is 11.3 Å². The van der Waals surface area contributed by atoms with E-state index in [0.717, 1.165) is 32.5 Å². The summed E-state index contributed by atoms with van der Waals surface area (Å²) in [5, 5.41) is 2.12. The molecule has 0 bridgehead atoms. The molecule has 0 aromatic carbocycles. The predicted molar refractivity (Wildman–Crippen MR) is 69.7 cm³/mol. The van der Waals surface area contributed by atoms with Gasteiger partial charge in [-0.25, -0.2) is 0 Å². The minimum Gasteiger partial charge on any atom is -0.383 e. The van der Waals surface area contributed by atoms with E-state index in [0.29, 0.717) is 6.04 Å². The average molecular weight is 242 g/mol. The van der Waals surface area contributed by atoms with Crippen molar-refractivity contribution >= 4 is 11.3 Å². The van der Waals surface area contributed by atoms with E-state index in [2.05, 4.69) is 29.5 Å². The van der Waals surface area contributed by atoms with Crippen molar-refractivity contribution in [3.63, 3.8) is 0 Å². The van der Waals surface area contributed by atoms with Crippen molar-refractivity contribution < 1.29 is 4.74 Å². The van der Waals surface area contributed by atoms with Crippen LogP contribution in [0.1, 0.15) is 17.7 Å². The van der Waals surface area contributed by atoms with Crippen LogP contribution >= 0.6 is 11.3 Å². The van der Waals surface area contributed by atoms with Crippen LogP contribution in [0.3, 0.4) is 0 Å². The fourth-order valence-electron chi connectivity index (χ4n) is 1.75. The van der Waals surface area contributed by atoms with Crippen molar-refractivity contribution in [2.75, 3.05) is 27.3 Å². The number of hydrogen-bond donors (Lipinski definition) is 1. The van der Waals surface area contributed by atoms with Gasteiger partial charge in [0.2, 0.25) is 0 Å². The quantitative estimate of drug-likeness (QED) is 0.757. The Balaban J connectivity index is 2.42. The maximum absolute atomic E-state index is 5.55. The molecule has 0 aliphatic heterocycles. The third-order valence-corrected chi connectivity index (χ3v) is 3.57. The summed E-state index contributed by atoms with van der Waals surface area (Å²) in [6.45, 7) is 2.53. The normalized spacial score (nSPS) is 13.2. The van der Waals surface area contributed by atoms with Crippen molar-refractivity contribution in [1.82, 2.24) is 4.90 Å². The molecule has 0 aliphatic carbocycles. The molecule has 1 atom stereocenters. The van der Waals surface area contributed by atoms with E-state index in [1.54, 1.807) is 18.4 Å². The Bertz CT molecular complexity index is 264. The Morgan fingerprint density at radius 3 is 2.94 bits per heavy atom. The van der Waals surface area contributed by atoms with E-state index < -0.39 is 0 Å². The fourth-order valence-corrected chi connectivity index (χ4v) is 2.52. The number of rotatable bonds is 8. The highest BCUT2D eigenvalue weighted by Gasteiger charge is 2.14. The zero-order valence-electron chi connectivity index (χ0n) is 10.2. The highest BCUT2D eigenvalue weighted by molar-refractivity contribution is 7.09. The van der Waals surface area contributed by atoms with E-state index in [9.17, 15) is 0 Å². The summed E-state index contributed by atoms with van der Waals surface area (Å²) in [4.78, 5) is 3.75. The van der Waals surface area contributed by atoms with Gasteiger partial charge in [-0.2, -0.15) is 0 Å². The van der Waals surface area contributed by atoms with Gasteiger partial charge < -0.3 is 10.5 Å². The van der Waals surface area contributed by atoms with Crippen LogP contribution in [-0.4, -0.2) is 38.3 Å². The molecule has 0 saturated heterocycles. The Morgan fingerprint density at radius 2 is 2.38 bits per heavy atom. The van der Waals surface area contributed by atoms with Gasteiger partial charge >= 0.3 is 0 Å². The molecule has 0 saturated carbocycles. The Hall–Kier alpha value is -0.420. The highest BCUT2D eigenvalue weighted by atomic mass is 32.1. The number of ether oxygens (including phenoxy) is 1. The Kier molecular flexibility index (Phi) is 6.64. The molecule has 1 aromatic heterocycles. The van der Waals surface area contributed by atoms with Crippen LogP contribution in [0.15, 0.2) is 17.5 Å². The van der Waals surface area contributed by atoms with Crippen LogP contribution in [0.5, 0.6) is 0 Å². The zero-order valence-corrected chi connectivity index (χ0v) is 11.0. The van der Waals surface area contributed by atoms with E-state index in [4.69, 9.17) is 10.5 Å². The molecule has 1 aromatic rings. The number of nitrogens with zero attached hydrogens (tertiary/aromatic N) is 1. The van der Waals surface area contributed by atoms with Gasteiger partial charge in [0, 0.05) is 24.6 Å². The Morgan fingerprint density at radius 1 is 1.56 bits per heavy atom. The summed E-state index contributed by atoms with van der Waals surface area (Å²) >= 11 is 1.80. The van der Waals surface area contributed by atoms with Crippen molar-refractivity contribution in [3.8, 4) is 0 Å². The molecule has 4 heteroatoms. The molecule has 1 unspecified atom stereocenters. The van der Waals surface area contributed by atoms with Gasteiger partial charge in [-0.15, -0.1) is 11.3 Å². The van der Waals surface area contributed by atoms with Crippen molar-refractivity contribution in [3.05, 3.63) is 22.4 Å². The number of hydrogen-bond acceptors (Lipinski definition) is 4. The van der Waals surface area contributed by atoms with Crippen LogP contribution in [0.25, 0.3) is 0 Å². The maximum Gasteiger partial charge on any atom is 0.0618 e. The molecule has 3 nitrogen and oxygen atoms in total. The maximum atomic E-state index is 5.55. The zero-order chi connectivity index (χ0) is 11.8. The second kappa shape index (κ2) is 7.79. The van der Waals surface area contributed by atoms with E-state index in [1.165, 1.54) is 4.88 Å². The second-order valence-corrected chi connectivity index (χ2v) is 5.07. The first kappa shape index (κ1) is 13.6. The van der Waals surface area contributed by atoms with Crippen molar-refractivity contribution in [2.45, 2.75) is 25.4 Å². The number of thiophene rings is 1. The number of methoxy groups -OCH3 is 1. The molecule has 0 aliphatic rings. The van der Waals surface area contributed by atoms with E-state index in [1.807, 2.05) is 0 Å². The predicted octanol–water partition coefficient (Wildman–Crippen LogP) is 1.93. The molecule has 0 spiro atoms. The monoisotopic (exact) mass is 242 g/mol. The molecular formula is C12H22N2OS. The summed E-state index contributed by atoms with van der Waals surface area (Å²) in [7, 11) is 3.91. The first-order valence-electron chi connectivity index (χ1n) is 5.69. The van der Waals surface area contributed by atoms with Gasteiger partial charge in [0.15, 0.2) is 0 Å². The molecule has 0 fully saturated rings. The van der Waals surface area contributed by atoms with Crippen LogP contribution < -0.4 is 5.73 Å². The molecule has 0 radical (unpaired) electrons. The van der Waals surface area contributed by atoms with Gasteiger partial charge in [0.25, 0.3) is 0 Å². The molecular weight excluding hydrogens is 220 g/mol. The smallest absolute Gasteiger partial charge is 0.0618 e. The van der Waals surface area contributed by atoms with Crippen LogP contribution in [0, 0.1) is 0 Å². The lowest BCUT2D eigenvalue weighted by Gasteiger charge is -2.27. The summed E-state index contributed by atoms with van der Waals surface area (Å²) in [5.74, 6) is 0. The Labute approximate surface area is 102 Å². The summed E-state index contributed by atoms with van der Waals surface area (Å²) in [5.41, 5.74) is 5.55. The summed E-state index contributed by atoms with van der Waals surface area (Å²) in [6.07, 6.45) is 2.16. The molecule has 0 amide bonds. The fraction of sp³-hybridized carbons (Fsp3) is 0.667. The standard InChI is InChI=1S/C12H22N2OS/c1-14(9-12-6-4-8-16-12)11(10-15-2)5-3-7-13/h4,6,8,11H,3,5,7,9-10,13H2,1-2H3. The largest absolute Gasteiger partial charge is 0.383 e. The summed E-state index contributed by atoms with van der Waals surface area (Å²) in [6, 6.07) is 4.74. The molecule has 2 N–H and O–H groups in total. The molecule has 1 heterocycles. The van der Waals surface area contributed by atoms with Crippen molar-refractivity contribution in [1.29, 1.82) is 0 Å². The highest BCUT2D eigenvalue weighted by Crippen LogP contribution is 2.14. The van der Waals surface area contributed by atoms with E-state index >= 15 is 0 Å². The van der Waals surface area contributed by atoms with Gasteiger partial charge in [0.1, 0.15) is 0 Å². The number of nitrogens with two attached hydrogens (primary N) is 1. The topological polar surface area (TPSA) is 38.5 Å². The van der Waals surface area contributed by atoms with Gasteiger partial charge in [-0.3, -0.25) is 4.90 Å². The number of likely N-dealkylation sites (N-methyl/N-ethyl adjacent to an activating group) is 1. The van der Waals surface area contributed by atoms with Gasteiger partial charge in [-0.1, -0.05) is 6.07 Å². The van der Waals surface area contributed by atoms with E-state index in [-0.39, 0.29) is 0 Å². The van der Waals surface area contributed by atoms with Crippen LogP contribution in [0.2, 0.25) is 0 Å². The van der Waals surface area contributed by atoms with Gasteiger partial charge in [0.05, 0.1) is 6.61 Å². The molecule has 1 rings (SSSR count). The SMILES string of the molecule is COCC(CCCN)N(C)Cc1cccs1. The lowest BCUT2D eigenvalue weighted by Crippen LogP contribution is -2.35. The first-order chi connectivity index (χ1) is 7.77. The van der Waals surface area contributed by atoms with Crippen molar-refractivity contribution in [2.24, 2.45) is 5.73 Å². The molecule has 16 heavy (non-hydrogen) atoms. The lowest BCUT2D eigenvalue weighted by atomic mass is 10.1. The lowest BCUT2D eigenvalue weighted by molar-refractivity contribution is 0.0968. The van der Waals surface area contributed by atoms with Crippen LogP contribution in [0.4, 0.5) is 0 Å². The third kappa shape index (κ3) is 4.61. The van der Waals surface area contributed by atoms with Gasteiger partial charge in [-0.05, 0) is 37.9 Å². The first-order valence-corrected chi connectivity index (χ1v) is 6.57. The second-order valence-electron chi connectivity index (χ2n) is 4.03. The summed E-state index contributed by atoms with van der Waals surface area (Å²) < 4.78 is 5.26. The third-order valence-electron chi connectivity index (χ3n) is 2.71. The average Bonchev–Trinajstić information content (AvgIpc) is 2.76. The minimum absolute atomic E-state index is 0.468.